The van der Waals surface area contributed by atoms with Crippen LogP contribution >= 0.6 is 0 Å². The first-order chi connectivity index (χ1) is 12.9. The van der Waals surface area contributed by atoms with Gasteiger partial charge < -0.3 is 19.8 Å². The van der Waals surface area contributed by atoms with E-state index in [0.29, 0.717) is 18.5 Å². The number of nitrogens with zero attached hydrogens (tertiary/aromatic N) is 3. The number of hydrogen-bond acceptors (Lipinski definition) is 6. The maximum Gasteiger partial charge on any atom is 0.231 e. The Morgan fingerprint density at radius 1 is 1.19 bits per heavy atom. The van der Waals surface area contributed by atoms with Crippen molar-refractivity contribution in [3.05, 3.63) is 48.7 Å². The molecule has 4 aromatic rings. The average molecular weight is 349 g/mol. The van der Waals surface area contributed by atoms with Gasteiger partial charge in [-0.2, -0.15) is 0 Å². The van der Waals surface area contributed by atoms with E-state index in [1.54, 1.807) is 10.7 Å². The van der Waals surface area contributed by atoms with Gasteiger partial charge in [0.15, 0.2) is 11.4 Å². The Balaban J connectivity index is 1.44. The minimum Gasteiger partial charge on any atom is -0.475 e. The van der Waals surface area contributed by atoms with E-state index in [1.165, 1.54) is 0 Å². The SMILES string of the molecule is c1ccc2oc(-c3cnc4ccc(OC[C@@H]5CNCCN5)nn34)cc2c1. The highest BCUT2D eigenvalue weighted by Crippen LogP contribution is 2.28. The molecule has 1 saturated heterocycles. The molecule has 0 spiro atoms. The molecule has 1 atom stereocenters. The van der Waals surface area contributed by atoms with Crippen LogP contribution in [0, 0.1) is 0 Å². The van der Waals surface area contributed by atoms with Gasteiger partial charge in [0.1, 0.15) is 17.9 Å². The number of imidazole rings is 1. The van der Waals surface area contributed by atoms with Crippen LogP contribution in [-0.4, -0.2) is 46.9 Å². The van der Waals surface area contributed by atoms with Crippen molar-refractivity contribution >= 4 is 16.6 Å². The lowest BCUT2D eigenvalue weighted by molar-refractivity contribution is 0.237. The Hall–Kier alpha value is -2.90. The number of para-hydroxylation sites is 1. The third-order valence-electron chi connectivity index (χ3n) is 4.57. The van der Waals surface area contributed by atoms with Crippen molar-refractivity contribution in [2.75, 3.05) is 26.2 Å². The standard InChI is InChI=1S/C19H19N5O2/c1-2-4-16-13(3-1)9-17(26-16)15-11-22-18-5-6-19(23-24(15)18)25-12-14-10-20-7-8-21-14/h1-6,9,11,14,20-21H,7-8,10,12H2/t14-/m0/s1. The normalized spacial score (nSPS) is 17.8. The van der Waals surface area contributed by atoms with Gasteiger partial charge in [-0.15, -0.1) is 5.10 Å². The Labute approximate surface area is 150 Å². The molecule has 132 valence electrons. The van der Waals surface area contributed by atoms with Crippen molar-refractivity contribution in [3.63, 3.8) is 0 Å². The predicted octanol–water partition coefficient (Wildman–Crippen LogP) is 2.08. The van der Waals surface area contributed by atoms with E-state index in [1.807, 2.05) is 42.5 Å². The van der Waals surface area contributed by atoms with Crippen molar-refractivity contribution in [1.29, 1.82) is 0 Å². The van der Waals surface area contributed by atoms with Gasteiger partial charge in [0, 0.05) is 31.1 Å². The third-order valence-corrected chi connectivity index (χ3v) is 4.57. The van der Waals surface area contributed by atoms with E-state index in [0.717, 1.165) is 47.7 Å². The number of furan rings is 1. The lowest BCUT2D eigenvalue weighted by Crippen LogP contribution is -2.51. The zero-order valence-electron chi connectivity index (χ0n) is 14.2. The molecule has 0 bridgehead atoms. The molecule has 2 N–H and O–H groups in total. The fourth-order valence-electron chi connectivity index (χ4n) is 3.23. The summed E-state index contributed by atoms with van der Waals surface area (Å²) in [5.41, 5.74) is 2.41. The first-order valence-electron chi connectivity index (χ1n) is 8.77. The predicted molar refractivity (Wildman–Crippen MR) is 98.4 cm³/mol. The van der Waals surface area contributed by atoms with Crippen molar-refractivity contribution in [2.45, 2.75) is 6.04 Å². The van der Waals surface area contributed by atoms with Gasteiger partial charge in [-0.25, -0.2) is 9.50 Å². The van der Waals surface area contributed by atoms with Crippen molar-refractivity contribution in [1.82, 2.24) is 25.2 Å². The Bertz CT molecular complexity index is 1020. The lowest BCUT2D eigenvalue weighted by Gasteiger charge is -2.24. The van der Waals surface area contributed by atoms with E-state index < -0.39 is 0 Å². The summed E-state index contributed by atoms with van der Waals surface area (Å²) in [5.74, 6) is 1.31. The highest BCUT2D eigenvalue weighted by atomic mass is 16.5. The van der Waals surface area contributed by atoms with Gasteiger partial charge in [-0.05, 0) is 18.2 Å². The number of nitrogens with one attached hydrogen (secondary N) is 2. The van der Waals surface area contributed by atoms with Gasteiger partial charge in [0.25, 0.3) is 0 Å². The molecule has 1 aliphatic rings. The smallest absolute Gasteiger partial charge is 0.231 e. The highest BCUT2D eigenvalue weighted by Gasteiger charge is 2.15. The minimum absolute atomic E-state index is 0.291. The molecular formula is C19H19N5O2. The number of rotatable bonds is 4. The maximum absolute atomic E-state index is 5.96. The van der Waals surface area contributed by atoms with Crippen LogP contribution in [0.5, 0.6) is 5.88 Å². The molecule has 7 nitrogen and oxygen atoms in total. The van der Waals surface area contributed by atoms with Gasteiger partial charge in [0.05, 0.1) is 12.2 Å². The second-order valence-corrected chi connectivity index (χ2v) is 6.40. The molecule has 0 aliphatic carbocycles. The van der Waals surface area contributed by atoms with E-state index in [2.05, 4.69) is 20.7 Å². The second kappa shape index (κ2) is 6.44. The zero-order chi connectivity index (χ0) is 17.3. The van der Waals surface area contributed by atoms with Crippen LogP contribution in [0.15, 0.2) is 53.1 Å². The number of benzene rings is 1. The zero-order valence-corrected chi connectivity index (χ0v) is 14.2. The molecule has 1 aromatic carbocycles. The number of hydrogen-bond donors (Lipinski definition) is 2. The summed E-state index contributed by atoms with van der Waals surface area (Å²) in [7, 11) is 0. The minimum atomic E-state index is 0.291. The lowest BCUT2D eigenvalue weighted by atomic mass is 10.2. The largest absolute Gasteiger partial charge is 0.475 e. The van der Waals surface area contributed by atoms with Gasteiger partial charge in [-0.1, -0.05) is 18.2 Å². The number of piperazine rings is 1. The highest BCUT2D eigenvalue weighted by molar-refractivity contribution is 5.82. The summed E-state index contributed by atoms with van der Waals surface area (Å²) < 4.78 is 13.6. The van der Waals surface area contributed by atoms with E-state index in [-0.39, 0.29) is 0 Å². The summed E-state index contributed by atoms with van der Waals surface area (Å²) in [6, 6.07) is 14.0. The van der Waals surface area contributed by atoms with E-state index >= 15 is 0 Å². The molecule has 0 unspecified atom stereocenters. The van der Waals surface area contributed by atoms with Crippen LogP contribution in [0.3, 0.4) is 0 Å². The molecule has 4 heterocycles. The monoisotopic (exact) mass is 349 g/mol. The fraction of sp³-hybridized carbons (Fsp3) is 0.263. The van der Waals surface area contributed by atoms with Gasteiger partial charge in [0.2, 0.25) is 5.88 Å². The topological polar surface area (TPSA) is 76.6 Å². The molecule has 0 radical (unpaired) electrons. The molecule has 7 heteroatoms. The van der Waals surface area contributed by atoms with Crippen LogP contribution in [-0.2, 0) is 0 Å². The first-order valence-corrected chi connectivity index (χ1v) is 8.77. The number of ether oxygens (including phenoxy) is 1. The number of aromatic nitrogens is 3. The van der Waals surface area contributed by atoms with Crippen molar-refractivity contribution < 1.29 is 9.15 Å². The first kappa shape index (κ1) is 15.4. The Kier molecular flexibility index (Phi) is 3.80. The fourth-order valence-corrected chi connectivity index (χ4v) is 3.23. The van der Waals surface area contributed by atoms with Gasteiger partial charge >= 0.3 is 0 Å². The Morgan fingerprint density at radius 3 is 3.04 bits per heavy atom. The van der Waals surface area contributed by atoms with Crippen LogP contribution in [0.2, 0.25) is 0 Å². The summed E-state index contributed by atoms with van der Waals surface area (Å²) in [5, 5.41) is 12.4. The van der Waals surface area contributed by atoms with E-state index in [4.69, 9.17) is 9.15 Å². The summed E-state index contributed by atoms with van der Waals surface area (Å²) in [4.78, 5) is 4.42. The average Bonchev–Trinajstić information content (AvgIpc) is 3.30. The Morgan fingerprint density at radius 2 is 2.15 bits per heavy atom. The van der Waals surface area contributed by atoms with Crippen LogP contribution in [0.1, 0.15) is 0 Å². The summed E-state index contributed by atoms with van der Waals surface area (Å²) in [6.07, 6.45) is 1.77. The molecular weight excluding hydrogens is 330 g/mol. The van der Waals surface area contributed by atoms with Crippen LogP contribution in [0.25, 0.3) is 28.1 Å². The van der Waals surface area contributed by atoms with Gasteiger partial charge in [-0.3, -0.25) is 0 Å². The van der Waals surface area contributed by atoms with Crippen LogP contribution in [0.4, 0.5) is 0 Å². The quantitative estimate of drug-likeness (QED) is 0.587. The molecule has 5 rings (SSSR count). The molecule has 0 saturated carbocycles. The maximum atomic E-state index is 5.96. The van der Waals surface area contributed by atoms with E-state index in [9.17, 15) is 0 Å². The molecule has 3 aromatic heterocycles. The number of fused-ring (bicyclic) bond motifs is 2. The third kappa shape index (κ3) is 2.81. The molecule has 26 heavy (non-hydrogen) atoms. The summed E-state index contributed by atoms with van der Waals surface area (Å²) >= 11 is 0. The van der Waals surface area contributed by atoms with Crippen molar-refractivity contribution in [3.8, 4) is 17.3 Å². The molecule has 1 fully saturated rings. The van der Waals surface area contributed by atoms with Crippen LogP contribution < -0.4 is 15.4 Å². The molecule has 1 aliphatic heterocycles. The molecule has 0 amide bonds. The second-order valence-electron chi connectivity index (χ2n) is 6.40. The van der Waals surface area contributed by atoms with Crippen molar-refractivity contribution in [2.24, 2.45) is 0 Å². The summed E-state index contributed by atoms with van der Waals surface area (Å²) in [6.45, 7) is 3.42.